The number of hydrogen-bond donors (Lipinski definition) is 0. The highest BCUT2D eigenvalue weighted by Gasteiger charge is 2.32. The predicted octanol–water partition coefficient (Wildman–Crippen LogP) is 2.93. The number of piperidine rings is 1. The lowest BCUT2D eigenvalue weighted by Crippen LogP contribution is -2.38. The van der Waals surface area contributed by atoms with E-state index in [2.05, 4.69) is 19.9 Å². The lowest BCUT2D eigenvalue weighted by Gasteiger charge is -2.31. The molecule has 5 rings (SSSR count). The van der Waals surface area contributed by atoms with Crippen molar-refractivity contribution >= 4 is 23.0 Å². The van der Waals surface area contributed by atoms with E-state index in [-0.39, 0.29) is 5.91 Å². The SMILES string of the molecule is O=C(c1cc2cc(Cl)ccn2n1)N1CCC(c2nncn2C2CC2)CC1. The van der Waals surface area contributed by atoms with Crippen molar-refractivity contribution in [3.05, 3.63) is 47.3 Å². The number of pyridine rings is 1. The largest absolute Gasteiger partial charge is 0.337 e. The fourth-order valence-corrected chi connectivity index (χ4v) is 3.92. The van der Waals surface area contributed by atoms with Gasteiger partial charge in [-0.15, -0.1) is 10.2 Å². The molecule has 1 amide bonds. The summed E-state index contributed by atoms with van der Waals surface area (Å²) in [6.07, 6.45) is 7.89. The Morgan fingerprint density at radius 1 is 1.15 bits per heavy atom. The fourth-order valence-electron chi connectivity index (χ4n) is 3.75. The molecule has 3 aromatic rings. The maximum atomic E-state index is 12.8. The van der Waals surface area contributed by atoms with Crippen LogP contribution in [0.5, 0.6) is 0 Å². The van der Waals surface area contributed by atoms with Crippen LogP contribution in [0.3, 0.4) is 0 Å². The Morgan fingerprint density at radius 2 is 1.96 bits per heavy atom. The van der Waals surface area contributed by atoms with E-state index in [0.29, 0.717) is 22.7 Å². The van der Waals surface area contributed by atoms with Gasteiger partial charge in [-0.3, -0.25) is 4.79 Å². The highest BCUT2D eigenvalue weighted by atomic mass is 35.5. The molecule has 4 heterocycles. The number of fused-ring (bicyclic) bond motifs is 1. The van der Waals surface area contributed by atoms with E-state index in [1.165, 1.54) is 12.8 Å². The molecule has 0 bridgehead atoms. The Bertz CT molecular complexity index is 967. The number of carbonyl (C=O) groups excluding carboxylic acids is 1. The number of likely N-dealkylation sites (tertiary alicyclic amines) is 1. The van der Waals surface area contributed by atoms with E-state index in [1.54, 1.807) is 22.8 Å². The molecule has 8 heteroatoms. The maximum absolute atomic E-state index is 12.8. The zero-order valence-electron chi connectivity index (χ0n) is 14.3. The minimum Gasteiger partial charge on any atom is -0.337 e. The zero-order valence-corrected chi connectivity index (χ0v) is 15.0. The van der Waals surface area contributed by atoms with Crippen LogP contribution in [0.25, 0.3) is 5.52 Å². The summed E-state index contributed by atoms with van der Waals surface area (Å²) >= 11 is 6.01. The van der Waals surface area contributed by atoms with Crippen molar-refractivity contribution in [2.45, 2.75) is 37.6 Å². The molecule has 1 aliphatic heterocycles. The second-order valence-electron chi connectivity index (χ2n) is 7.14. The zero-order chi connectivity index (χ0) is 17.7. The number of nitrogens with zero attached hydrogens (tertiary/aromatic N) is 6. The average molecular weight is 371 g/mol. The normalized spacial score (nSPS) is 18.6. The van der Waals surface area contributed by atoms with Crippen LogP contribution in [-0.4, -0.2) is 48.3 Å². The number of hydrogen-bond acceptors (Lipinski definition) is 4. The van der Waals surface area contributed by atoms with Gasteiger partial charge in [0.25, 0.3) is 5.91 Å². The van der Waals surface area contributed by atoms with Crippen molar-refractivity contribution in [2.24, 2.45) is 0 Å². The first-order valence-electron chi connectivity index (χ1n) is 9.02. The van der Waals surface area contributed by atoms with E-state index < -0.39 is 0 Å². The van der Waals surface area contributed by atoms with E-state index in [4.69, 9.17) is 11.6 Å². The van der Waals surface area contributed by atoms with Crippen molar-refractivity contribution in [1.82, 2.24) is 29.3 Å². The molecule has 0 radical (unpaired) electrons. The molecule has 1 saturated heterocycles. The minimum absolute atomic E-state index is 0.0214. The molecule has 1 saturated carbocycles. The molecule has 2 fully saturated rings. The van der Waals surface area contributed by atoms with Gasteiger partial charge in [0, 0.05) is 36.3 Å². The van der Waals surface area contributed by atoms with Crippen molar-refractivity contribution < 1.29 is 4.79 Å². The standard InChI is InChI=1S/C18H19ClN6O/c19-13-5-8-25-15(9-13)10-16(22-25)18(26)23-6-3-12(4-7-23)17-21-20-11-24(17)14-1-2-14/h5,8-12,14H,1-4,6-7H2. The lowest BCUT2D eigenvalue weighted by molar-refractivity contribution is 0.0704. The third-order valence-electron chi connectivity index (χ3n) is 5.33. The third-order valence-corrected chi connectivity index (χ3v) is 5.57. The molecule has 0 N–H and O–H groups in total. The minimum atomic E-state index is -0.0214. The van der Waals surface area contributed by atoms with Crippen LogP contribution in [0.2, 0.25) is 5.02 Å². The highest BCUT2D eigenvalue weighted by Crippen LogP contribution is 2.38. The summed E-state index contributed by atoms with van der Waals surface area (Å²) < 4.78 is 3.91. The van der Waals surface area contributed by atoms with Gasteiger partial charge in [0.15, 0.2) is 5.69 Å². The predicted molar refractivity (Wildman–Crippen MR) is 96.4 cm³/mol. The summed E-state index contributed by atoms with van der Waals surface area (Å²) in [4.78, 5) is 14.7. The Morgan fingerprint density at radius 3 is 2.73 bits per heavy atom. The average Bonchev–Trinajstić information content (AvgIpc) is 3.23. The highest BCUT2D eigenvalue weighted by molar-refractivity contribution is 6.30. The van der Waals surface area contributed by atoms with Crippen LogP contribution < -0.4 is 0 Å². The number of rotatable bonds is 3. The van der Waals surface area contributed by atoms with Gasteiger partial charge >= 0.3 is 0 Å². The first kappa shape index (κ1) is 15.8. The topological polar surface area (TPSA) is 68.3 Å². The van der Waals surface area contributed by atoms with Crippen LogP contribution in [0.15, 0.2) is 30.7 Å². The second kappa shape index (κ2) is 6.09. The molecule has 0 atom stereocenters. The summed E-state index contributed by atoms with van der Waals surface area (Å²) in [5, 5.41) is 13.5. The number of amides is 1. The van der Waals surface area contributed by atoms with Crippen molar-refractivity contribution in [3.8, 4) is 0 Å². The van der Waals surface area contributed by atoms with E-state index in [1.807, 2.05) is 17.3 Å². The molecule has 2 aliphatic rings. The van der Waals surface area contributed by atoms with Gasteiger partial charge in [-0.25, -0.2) is 4.52 Å². The van der Waals surface area contributed by atoms with E-state index >= 15 is 0 Å². The summed E-state index contributed by atoms with van der Waals surface area (Å²) in [5.74, 6) is 1.44. The molecule has 0 unspecified atom stereocenters. The quantitative estimate of drug-likeness (QED) is 0.710. The van der Waals surface area contributed by atoms with Crippen LogP contribution in [-0.2, 0) is 0 Å². The van der Waals surface area contributed by atoms with Crippen LogP contribution >= 0.6 is 11.6 Å². The molecule has 3 aromatic heterocycles. The first-order valence-corrected chi connectivity index (χ1v) is 9.40. The molecule has 0 spiro atoms. The third kappa shape index (κ3) is 2.76. The summed E-state index contributed by atoms with van der Waals surface area (Å²) in [6.45, 7) is 1.44. The summed E-state index contributed by atoms with van der Waals surface area (Å²) in [6, 6.07) is 5.95. The van der Waals surface area contributed by atoms with Gasteiger partial charge in [-0.2, -0.15) is 5.10 Å². The summed E-state index contributed by atoms with van der Waals surface area (Å²) in [7, 11) is 0. The number of halogens is 1. The lowest BCUT2D eigenvalue weighted by atomic mass is 9.95. The van der Waals surface area contributed by atoms with Gasteiger partial charge in [-0.1, -0.05) is 11.6 Å². The molecule has 0 aromatic carbocycles. The Balaban J connectivity index is 1.29. The van der Waals surface area contributed by atoms with Gasteiger partial charge in [0.2, 0.25) is 0 Å². The molecule has 7 nitrogen and oxygen atoms in total. The maximum Gasteiger partial charge on any atom is 0.274 e. The number of aromatic nitrogens is 5. The Hall–Kier alpha value is -2.41. The Labute approximate surface area is 155 Å². The first-order chi connectivity index (χ1) is 12.7. The van der Waals surface area contributed by atoms with Gasteiger partial charge < -0.3 is 9.47 Å². The van der Waals surface area contributed by atoms with Crippen molar-refractivity contribution in [3.63, 3.8) is 0 Å². The summed E-state index contributed by atoms with van der Waals surface area (Å²) in [5.41, 5.74) is 1.29. The second-order valence-corrected chi connectivity index (χ2v) is 7.57. The van der Waals surface area contributed by atoms with Crippen LogP contribution in [0.4, 0.5) is 0 Å². The van der Waals surface area contributed by atoms with Gasteiger partial charge in [0.05, 0.1) is 5.52 Å². The monoisotopic (exact) mass is 370 g/mol. The van der Waals surface area contributed by atoms with E-state index in [9.17, 15) is 4.79 Å². The Kier molecular flexibility index (Phi) is 3.70. The molecule has 134 valence electrons. The molecular formula is C18H19ClN6O. The molecular weight excluding hydrogens is 352 g/mol. The van der Waals surface area contributed by atoms with Gasteiger partial charge in [-0.05, 0) is 43.9 Å². The molecule has 26 heavy (non-hydrogen) atoms. The van der Waals surface area contributed by atoms with Gasteiger partial charge in [0.1, 0.15) is 12.2 Å². The smallest absolute Gasteiger partial charge is 0.274 e. The van der Waals surface area contributed by atoms with Crippen molar-refractivity contribution in [2.75, 3.05) is 13.1 Å². The van der Waals surface area contributed by atoms with Crippen LogP contribution in [0.1, 0.15) is 54.0 Å². The fraction of sp³-hybridized carbons (Fsp3) is 0.444. The van der Waals surface area contributed by atoms with Crippen molar-refractivity contribution in [1.29, 1.82) is 0 Å². The molecule has 1 aliphatic carbocycles. The number of carbonyl (C=O) groups is 1. The van der Waals surface area contributed by atoms with E-state index in [0.717, 1.165) is 37.3 Å². The van der Waals surface area contributed by atoms with Crippen LogP contribution in [0, 0.1) is 0 Å².